The molecule has 0 saturated heterocycles. The molecule has 0 aliphatic heterocycles. The van der Waals surface area contributed by atoms with Gasteiger partial charge in [0, 0.05) is 17.1 Å². The predicted molar refractivity (Wildman–Crippen MR) is 69.3 cm³/mol. The van der Waals surface area contributed by atoms with Gasteiger partial charge in [-0.25, -0.2) is 0 Å². The third kappa shape index (κ3) is 3.85. The van der Waals surface area contributed by atoms with Gasteiger partial charge >= 0.3 is 0 Å². The van der Waals surface area contributed by atoms with E-state index in [0.717, 1.165) is 18.5 Å². The van der Waals surface area contributed by atoms with Crippen molar-refractivity contribution in [2.75, 3.05) is 6.54 Å². The second-order valence-corrected chi connectivity index (χ2v) is 4.88. The summed E-state index contributed by atoms with van der Waals surface area (Å²) in [4.78, 5) is 0. The van der Waals surface area contributed by atoms with Gasteiger partial charge in [0.15, 0.2) is 0 Å². The summed E-state index contributed by atoms with van der Waals surface area (Å²) in [5.74, 6) is 0.736. The highest BCUT2D eigenvalue weighted by atomic mass is 35.5. The summed E-state index contributed by atoms with van der Waals surface area (Å²) in [7, 11) is 0. The molecule has 2 nitrogen and oxygen atoms in total. The summed E-state index contributed by atoms with van der Waals surface area (Å²) in [5, 5.41) is 13.8. The lowest BCUT2D eigenvalue weighted by Crippen LogP contribution is -2.20. The average molecular weight is 262 g/mol. The maximum absolute atomic E-state index is 9.71. The van der Waals surface area contributed by atoms with Crippen molar-refractivity contribution in [3.05, 3.63) is 27.7 Å². The van der Waals surface area contributed by atoms with E-state index < -0.39 is 0 Å². The Balaban J connectivity index is 2.60. The molecule has 1 aromatic carbocycles. The highest BCUT2D eigenvalue weighted by Crippen LogP contribution is 2.30. The van der Waals surface area contributed by atoms with Gasteiger partial charge in [-0.15, -0.1) is 0 Å². The third-order valence-electron chi connectivity index (χ3n) is 2.61. The van der Waals surface area contributed by atoms with Crippen LogP contribution in [0.15, 0.2) is 12.1 Å². The lowest BCUT2D eigenvalue weighted by Gasteiger charge is -2.11. The molecule has 1 atom stereocenters. The Hall–Kier alpha value is -0.440. The number of hydrogen-bond donors (Lipinski definition) is 2. The van der Waals surface area contributed by atoms with Crippen LogP contribution in [0.2, 0.25) is 10.0 Å². The molecule has 0 saturated carbocycles. The second kappa shape index (κ2) is 6.33. The molecular formula is C12H17Cl2NO. The first-order valence-corrected chi connectivity index (χ1v) is 6.17. The van der Waals surface area contributed by atoms with Crippen molar-refractivity contribution in [2.24, 2.45) is 5.92 Å². The Morgan fingerprint density at radius 1 is 1.38 bits per heavy atom. The number of aromatic hydroxyl groups is 1. The van der Waals surface area contributed by atoms with Crippen molar-refractivity contribution >= 4 is 23.2 Å². The van der Waals surface area contributed by atoms with Crippen molar-refractivity contribution in [3.63, 3.8) is 0 Å². The van der Waals surface area contributed by atoms with Crippen LogP contribution in [0, 0.1) is 5.92 Å². The molecule has 0 aromatic heterocycles. The van der Waals surface area contributed by atoms with E-state index in [1.54, 1.807) is 6.07 Å². The zero-order valence-electron chi connectivity index (χ0n) is 9.56. The van der Waals surface area contributed by atoms with E-state index in [1.165, 1.54) is 6.07 Å². The van der Waals surface area contributed by atoms with Gasteiger partial charge in [-0.1, -0.05) is 43.5 Å². The average Bonchev–Trinajstić information content (AvgIpc) is 2.24. The highest BCUT2D eigenvalue weighted by Gasteiger charge is 2.07. The highest BCUT2D eigenvalue weighted by molar-refractivity contribution is 6.35. The first-order valence-electron chi connectivity index (χ1n) is 5.42. The van der Waals surface area contributed by atoms with E-state index in [9.17, 15) is 5.11 Å². The number of hydrogen-bond acceptors (Lipinski definition) is 2. The summed E-state index contributed by atoms with van der Waals surface area (Å²) >= 11 is 11.7. The molecule has 4 heteroatoms. The minimum absolute atomic E-state index is 0.114. The topological polar surface area (TPSA) is 32.3 Å². The van der Waals surface area contributed by atoms with E-state index in [1.807, 2.05) is 0 Å². The standard InChI is InChI=1S/C12H17Cl2NO/c1-3-8(2)6-15-7-9-4-10(13)5-11(14)12(9)16/h4-5,8,15-16H,3,6-7H2,1-2H3. The fraction of sp³-hybridized carbons (Fsp3) is 0.500. The summed E-state index contributed by atoms with van der Waals surface area (Å²) in [6.45, 7) is 5.83. The van der Waals surface area contributed by atoms with Crippen LogP contribution < -0.4 is 5.32 Å². The molecule has 0 spiro atoms. The summed E-state index contributed by atoms with van der Waals surface area (Å²) in [6.07, 6.45) is 1.13. The monoisotopic (exact) mass is 261 g/mol. The Morgan fingerprint density at radius 2 is 2.06 bits per heavy atom. The van der Waals surface area contributed by atoms with Crippen molar-refractivity contribution in [3.8, 4) is 5.75 Å². The fourth-order valence-electron chi connectivity index (χ4n) is 1.35. The molecule has 0 aliphatic rings. The number of phenols is 1. The predicted octanol–water partition coefficient (Wildman–Crippen LogP) is 3.83. The van der Waals surface area contributed by atoms with Crippen LogP contribution in [0.4, 0.5) is 0 Å². The van der Waals surface area contributed by atoms with Crippen LogP contribution in [0.3, 0.4) is 0 Å². The van der Waals surface area contributed by atoms with E-state index in [4.69, 9.17) is 23.2 Å². The Kier molecular flexibility index (Phi) is 5.39. The quantitative estimate of drug-likeness (QED) is 0.845. The molecular weight excluding hydrogens is 245 g/mol. The molecule has 2 N–H and O–H groups in total. The summed E-state index contributed by atoms with van der Waals surface area (Å²) < 4.78 is 0. The molecule has 1 aromatic rings. The van der Waals surface area contributed by atoms with Gasteiger partial charge in [-0.05, 0) is 24.6 Å². The van der Waals surface area contributed by atoms with Gasteiger partial charge < -0.3 is 10.4 Å². The van der Waals surface area contributed by atoms with Gasteiger partial charge in [0.25, 0.3) is 0 Å². The van der Waals surface area contributed by atoms with Crippen LogP contribution in [0.1, 0.15) is 25.8 Å². The minimum Gasteiger partial charge on any atom is -0.506 e. The zero-order chi connectivity index (χ0) is 12.1. The van der Waals surface area contributed by atoms with Crippen LogP contribution >= 0.6 is 23.2 Å². The fourth-order valence-corrected chi connectivity index (χ4v) is 1.89. The van der Waals surface area contributed by atoms with Crippen LogP contribution in [0.25, 0.3) is 0 Å². The van der Waals surface area contributed by atoms with E-state index in [-0.39, 0.29) is 5.75 Å². The Morgan fingerprint density at radius 3 is 2.69 bits per heavy atom. The van der Waals surface area contributed by atoms with Crippen molar-refractivity contribution < 1.29 is 5.11 Å². The van der Waals surface area contributed by atoms with Gasteiger partial charge in [0.1, 0.15) is 5.75 Å². The molecule has 0 amide bonds. The van der Waals surface area contributed by atoms with Crippen LogP contribution in [-0.4, -0.2) is 11.7 Å². The lowest BCUT2D eigenvalue weighted by molar-refractivity contribution is 0.456. The van der Waals surface area contributed by atoms with Crippen molar-refractivity contribution in [2.45, 2.75) is 26.8 Å². The molecule has 0 heterocycles. The van der Waals surface area contributed by atoms with Gasteiger partial charge in [0.2, 0.25) is 0 Å². The molecule has 1 unspecified atom stereocenters. The maximum atomic E-state index is 9.71. The molecule has 1 rings (SSSR count). The van der Waals surface area contributed by atoms with Crippen molar-refractivity contribution in [1.82, 2.24) is 5.32 Å². The van der Waals surface area contributed by atoms with Crippen molar-refractivity contribution in [1.29, 1.82) is 0 Å². The summed E-state index contributed by atoms with van der Waals surface area (Å²) in [5.41, 5.74) is 0.737. The number of nitrogens with one attached hydrogen (secondary N) is 1. The maximum Gasteiger partial charge on any atom is 0.138 e. The Bertz CT molecular complexity index is 355. The molecule has 0 radical (unpaired) electrons. The van der Waals surface area contributed by atoms with E-state index in [2.05, 4.69) is 19.2 Å². The largest absolute Gasteiger partial charge is 0.506 e. The SMILES string of the molecule is CCC(C)CNCc1cc(Cl)cc(Cl)c1O. The number of halogens is 2. The number of phenolic OH excluding ortho intramolecular Hbond substituents is 1. The molecule has 0 fully saturated rings. The lowest BCUT2D eigenvalue weighted by atomic mass is 10.1. The van der Waals surface area contributed by atoms with Crippen LogP contribution in [0.5, 0.6) is 5.75 Å². The molecule has 0 bridgehead atoms. The third-order valence-corrected chi connectivity index (χ3v) is 3.12. The molecule has 90 valence electrons. The first kappa shape index (κ1) is 13.6. The first-order chi connectivity index (χ1) is 7.54. The van der Waals surface area contributed by atoms with E-state index >= 15 is 0 Å². The molecule has 0 aliphatic carbocycles. The van der Waals surface area contributed by atoms with Gasteiger partial charge in [0.05, 0.1) is 5.02 Å². The van der Waals surface area contributed by atoms with E-state index in [0.29, 0.717) is 22.5 Å². The number of benzene rings is 1. The summed E-state index contributed by atoms with van der Waals surface area (Å²) in [6, 6.07) is 3.27. The normalized spacial score (nSPS) is 12.8. The number of rotatable bonds is 5. The smallest absolute Gasteiger partial charge is 0.138 e. The van der Waals surface area contributed by atoms with Gasteiger partial charge in [-0.3, -0.25) is 0 Å². The zero-order valence-corrected chi connectivity index (χ0v) is 11.1. The Labute approximate surface area is 107 Å². The second-order valence-electron chi connectivity index (χ2n) is 4.04. The minimum atomic E-state index is 0.114. The molecule has 16 heavy (non-hydrogen) atoms. The van der Waals surface area contributed by atoms with Crippen LogP contribution in [-0.2, 0) is 6.54 Å². The van der Waals surface area contributed by atoms with Gasteiger partial charge in [-0.2, -0.15) is 0 Å².